The van der Waals surface area contributed by atoms with E-state index in [9.17, 15) is 4.79 Å². The van der Waals surface area contributed by atoms with Gasteiger partial charge in [0.15, 0.2) is 0 Å². The van der Waals surface area contributed by atoms with Crippen molar-refractivity contribution < 1.29 is 9.53 Å². The summed E-state index contributed by atoms with van der Waals surface area (Å²) in [6.07, 6.45) is 7.58. The van der Waals surface area contributed by atoms with Crippen LogP contribution in [0.25, 0.3) is 11.7 Å². The average molecular weight is 390 g/mol. The number of methoxy groups -OCH3 is 1. The summed E-state index contributed by atoms with van der Waals surface area (Å²) < 4.78 is 7.42. The van der Waals surface area contributed by atoms with Gasteiger partial charge in [-0.3, -0.25) is 9.69 Å². The predicted molar refractivity (Wildman–Crippen MR) is 114 cm³/mol. The number of nitrogens with zero attached hydrogens (tertiary/aromatic N) is 4. The van der Waals surface area contributed by atoms with Gasteiger partial charge in [-0.05, 0) is 37.3 Å². The summed E-state index contributed by atoms with van der Waals surface area (Å²) in [5, 5.41) is 0. The molecule has 1 saturated heterocycles. The number of amides is 1. The molecule has 150 valence electrons. The quantitative estimate of drug-likeness (QED) is 0.629. The lowest BCUT2D eigenvalue weighted by atomic mass is 10.1. The van der Waals surface area contributed by atoms with Gasteiger partial charge in [0.1, 0.15) is 11.4 Å². The van der Waals surface area contributed by atoms with Gasteiger partial charge >= 0.3 is 0 Å². The van der Waals surface area contributed by atoms with Crippen LogP contribution in [0.2, 0.25) is 0 Å². The third-order valence-corrected chi connectivity index (χ3v) is 5.27. The van der Waals surface area contributed by atoms with E-state index in [4.69, 9.17) is 4.74 Å². The number of benzene rings is 1. The second kappa shape index (κ2) is 8.49. The molecule has 0 bridgehead atoms. The van der Waals surface area contributed by atoms with Crippen LogP contribution < -0.4 is 4.74 Å². The van der Waals surface area contributed by atoms with Gasteiger partial charge in [0.2, 0.25) is 5.91 Å². The van der Waals surface area contributed by atoms with E-state index in [2.05, 4.69) is 16.1 Å². The van der Waals surface area contributed by atoms with E-state index in [-0.39, 0.29) is 5.91 Å². The first-order valence-corrected chi connectivity index (χ1v) is 9.89. The fraction of sp³-hybridized carbons (Fsp3) is 0.304. The molecule has 0 spiro atoms. The van der Waals surface area contributed by atoms with E-state index in [0.29, 0.717) is 0 Å². The second-order valence-electron chi connectivity index (χ2n) is 7.38. The van der Waals surface area contributed by atoms with Crippen molar-refractivity contribution >= 4 is 17.6 Å². The van der Waals surface area contributed by atoms with Gasteiger partial charge in [-0.25, -0.2) is 4.98 Å². The highest BCUT2D eigenvalue weighted by Crippen LogP contribution is 2.21. The Hall–Kier alpha value is -3.12. The summed E-state index contributed by atoms with van der Waals surface area (Å²) in [6, 6.07) is 12.0. The fourth-order valence-corrected chi connectivity index (χ4v) is 3.67. The number of hydrogen-bond donors (Lipinski definition) is 0. The standard InChI is InChI=1S/C23H26N4O2/c1-18-6-8-21(29-2)19(15-18)7-9-23(28)26-13-11-25(12-14-26)16-20-17-27-10-4-3-5-22(27)24-20/h3-10,15,17H,11-14,16H2,1-2H3/b9-7+. The first-order chi connectivity index (χ1) is 14.1. The number of carbonyl (C=O) groups is 1. The first kappa shape index (κ1) is 19.2. The number of carbonyl (C=O) groups excluding carboxylic acids is 1. The van der Waals surface area contributed by atoms with E-state index in [1.54, 1.807) is 13.2 Å². The topological polar surface area (TPSA) is 50.1 Å². The minimum atomic E-state index is 0.0425. The molecule has 6 nitrogen and oxygen atoms in total. The van der Waals surface area contributed by atoms with Crippen LogP contribution in [0.1, 0.15) is 16.8 Å². The molecule has 1 aromatic carbocycles. The zero-order chi connectivity index (χ0) is 20.2. The third kappa shape index (κ3) is 4.49. The lowest BCUT2D eigenvalue weighted by Crippen LogP contribution is -2.47. The number of fused-ring (bicyclic) bond motifs is 1. The van der Waals surface area contributed by atoms with Crippen LogP contribution in [0.4, 0.5) is 0 Å². The van der Waals surface area contributed by atoms with Crippen LogP contribution in [0.3, 0.4) is 0 Å². The normalized spacial score (nSPS) is 15.3. The Balaban J connectivity index is 1.33. The lowest BCUT2D eigenvalue weighted by molar-refractivity contribution is -0.127. The van der Waals surface area contributed by atoms with Crippen molar-refractivity contribution in [3.63, 3.8) is 0 Å². The Morgan fingerprint density at radius 3 is 2.76 bits per heavy atom. The maximum atomic E-state index is 12.6. The van der Waals surface area contributed by atoms with Gasteiger partial charge in [-0.15, -0.1) is 0 Å². The number of pyridine rings is 1. The Bertz CT molecular complexity index is 999. The van der Waals surface area contributed by atoms with Crippen LogP contribution in [-0.4, -0.2) is 58.4 Å². The highest BCUT2D eigenvalue weighted by molar-refractivity contribution is 5.92. The number of hydrogen-bond acceptors (Lipinski definition) is 4. The minimum Gasteiger partial charge on any atom is -0.496 e. The Morgan fingerprint density at radius 2 is 2.00 bits per heavy atom. The summed E-state index contributed by atoms with van der Waals surface area (Å²) in [4.78, 5) is 21.5. The van der Waals surface area contributed by atoms with Gasteiger partial charge in [-0.2, -0.15) is 0 Å². The number of rotatable bonds is 5. The molecule has 0 aliphatic carbocycles. The summed E-state index contributed by atoms with van der Waals surface area (Å²) in [6.45, 7) is 5.98. The van der Waals surface area contributed by atoms with Crippen LogP contribution in [0.5, 0.6) is 5.75 Å². The number of piperazine rings is 1. The van der Waals surface area contributed by atoms with Crippen molar-refractivity contribution in [2.24, 2.45) is 0 Å². The average Bonchev–Trinajstić information content (AvgIpc) is 3.15. The smallest absolute Gasteiger partial charge is 0.246 e. The molecule has 0 radical (unpaired) electrons. The summed E-state index contributed by atoms with van der Waals surface area (Å²) >= 11 is 0. The highest BCUT2D eigenvalue weighted by atomic mass is 16.5. The second-order valence-corrected chi connectivity index (χ2v) is 7.38. The number of aryl methyl sites for hydroxylation is 1. The molecular weight excluding hydrogens is 364 g/mol. The molecule has 0 saturated carbocycles. The fourth-order valence-electron chi connectivity index (χ4n) is 3.67. The SMILES string of the molecule is COc1ccc(C)cc1/C=C/C(=O)N1CCN(Cc2cn3ccccc3n2)CC1. The molecule has 1 aliphatic heterocycles. The van der Waals surface area contributed by atoms with Crippen LogP contribution in [-0.2, 0) is 11.3 Å². The van der Waals surface area contributed by atoms with E-state index < -0.39 is 0 Å². The third-order valence-electron chi connectivity index (χ3n) is 5.27. The van der Waals surface area contributed by atoms with Crippen molar-refractivity contribution in [2.45, 2.75) is 13.5 Å². The molecule has 0 unspecified atom stereocenters. The van der Waals surface area contributed by atoms with Gasteiger partial charge in [0, 0.05) is 56.8 Å². The largest absolute Gasteiger partial charge is 0.496 e. The minimum absolute atomic E-state index is 0.0425. The van der Waals surface area contributed by atoms with E-state index in [1.807, 2.05) is 64.9 Å². The number of aromatic nitrogens is 2. The molecule has 0 N–H and O–H groups in total. The van der Waals surface area contributed by atoms with Crippen LogP contribution in [0, 0.1) is 6.92 Å². The zero-order valence-electron chi connectivity index (χ0n) is 16.9. The van der Waals surface area contributed by atoms with Crippen molar-refractivity contribution in [1.29, 1.82) is 0 Å². The number of ether oxygens (including phenoxy) is 1. The van der Waals surface area contributed by atoms with E-state index in [1.165, 1.54) is 0 Å². The molecule has 4 rings (SSSR count). The molecule has 3 heterocycles. The maximum Gasteiger partial charge on any atom is 0.246 e. The van der Waals surface area contributed by atoms with Gasteiger partial charge in [-0.1, -0.05) is 17.7 Å². The molecule has 1 aliphatic rings. The van der Waals surface area contributed by atoms with Crippen LogP contribution >= 0.6 is 0 Å². The van der Waals surface area contributed by atoms with E-state index in [0.717, 1.165) is 60.9 Å². The van der Waals surface area contributed by atoms with Gasteiger partial charge in [0.05, 0.1) is 12.8 Å². The Kier molecular flexibility index (Phi) is 5.62. The van der Waals surface area contributed by atoms with Crippen LogP contribution in [0.15, 0.2) is 54.9 Å². The lowest BCUT2D eigenvalue weighted by Gasteiger charge is -2.33. The molecule has 2 aromatic heterocycles. The van der Waals surface area contributed by atoms with Crippen molar-refractivity contribution in [3.05, 3.63) is 71.7 Å². The monoisotopic (exact) mass is 390 g/mol. The first-order valence-electron chi connectivity index (χ1n) is 9.89. The molecule has 0 atom stereocenters. The maximum absolute atomic E-state index is 12.6. The summed E-state index contributed by atoms with van der Waals surface area (Å²) in [5.74, 6) is 0.817. The molecule has 29 heavy (non-hydrogen) atoms. The molecule has 6 heteroatoms. The summed E-state index contributed by atoms with van der Waals surface area (Å²) in [7, 11) is 1.64. The van der Waals surface area contributed by atoms with Crippen molar-refractivity contribution in [1.82, 2.24) is 19.2 Å². The molecule has 3 aromatic rings. The van der Waals surface area contributed by atoms with Crippen molar-refractivity contribution in [3.8, 4) is 5.75 Å². The summed E-state index contributed by atoms with van der Waals surface area (Å²) in [5.41, 5.74) is 4.08. The highest BCUT2D eigenvalue weighted by Gasteiger charge is 2.20. The zero-order valence-corrected chi connectivity index (χ0v) is 16.9. The van der Waals surface area contributed by atoms with E-state index >= 15 is 0 Å². The molecular formula is C23H26N4O2. The Morgan fingerprint density at radius 1 is 1.17 bits per heavy atom. The van der Waals surface area contributed by atoms with Crippen molar-refractivity contribution in [2.75, 3.05) is 33.3 Å². The number of imidazole rings is 1. The van der Waals surface area contributed by atoms with Gasteiger partial charge in [0.25, 0.3) is 0 Å². The molecule has 1 amide bonds. The Labute approximate surface area is 171 Å². The van der Waals surface area contributed by atoms with Gasteiger partial charge < -0.3 is 14.0 Å². The molecule has 1 fully saturated rings. The predicted octanol–water partition coefficient (Wildman–Crippen LogP) is 3.01.